The summed E-state index contributed by atoms with van der Waals surface area (Å²) in [4.78, 5) is -0.0208. The van der Waals surface area contributed by atoms with E-state index in [9.17, 15) is 8.42 Å². The molecule has 0 radical (unpaired) electrons. The van der Waals surface area contributed by atoms with Gasteiger partial charge in [-0.3, -0.25) is 4.55 Å². The second-order valence-electron chi connectivity index (χ2n) is 4.72. The summed E-state index contributed by atoms with van der Waals surface area (Å²) in [6.45, 7) is 2.74. The molecule has 0 unspecified atom stereocenters. The molecule has 0 saturated heterocycles. The van der Waals surface area contributed by atoms with Crippen LogP contribution in [0.4, 0.5) is 0 Å². The van der Waals surface area contributed by atoms with Crippen molar-refractivity contribution in [2.75, 3.05) is 13.7 Å². The minimum absolute atomic E-state index is 0.0208. The topological polar surface area (TPSA) is 63.6 Å². The molecule has 108 valence electrons. The number of ether oxygens (including phenoxy) is 1. The van der Waals surface area contributed by atoms with Gasteiger partial charge in [-0.25, -0.2) is 0 Å². The van der Waals surface area contributed by atoms with E-state index in [1.165, 1.54) is 6.07 Å². The number of methoxy groups -OCH3 is 1. The quantitative estimate of drug-likeness (QED) is 0.589. The average Bonchev–Trinajstić information content (AvgIpc) is 2.34. The molecule has 4 nitrogen and oxygen atoms in total. The van der Waals surface area contributed by atoms with Crippen LogP contribution in [0.15, 0.2) is 23.1 Å². The van der Waals surface area contributed by atoms with Gasteiger partial charge in [0.25, 0.3) is 10.1 Å². The Bertz CT molecular complexity index is 494. The van der Waals surface area contributed by atoms with Crippen LogP contribution in [-0.2, 0) is 21.3 Å². The van der Waals surface area contributed by atoms with Gasteiger partial charge in [-0.2, -0.15) is 8.42 Å². The Balaban J connectivity index is 2.53. The molecule has 1 rings (SSSR count). The van der Waals surface area contributed by atoms with Crippen LogP contribution in [0.3, 0.4) is 0 Å². The first-order valence-electron chi connectivity index (χ1n) is 6.51. The normalized spacial score (nSPS) is 11.7. The molecule has 1 aromatic carbocycles. The molecule has 5 heteroatoms. The molecule has 0 atom stereocenters. The van der Waals surface area contributed by atoms with Crippen LogP contribution < -0.4 is 0 Å². The van der Waals surface area contributed by atoms with Gasteiger partial charge in [0.1, 0.15) is 0 Å². The predicted molar refractivity (Wildman–Crippen MR) is 75.0 cm³/mol. The molecule has 19 heavy (non-hydrogen) atoms. The highest BCUT2D eigenvalue weighted by molar-refractivity contribution is 7.85. The summed E-state index contributed by atoms with van der Waals surface area (Å²) >= 11 is 0. The van der Waals surface area contributed by atoms with E-state index in [-0.39, 0.29) is 4.90 Å². The van der Waals surface area contributed by atoms with Gasteiger partial charge in [-0.1, -0.05) is 18.9 Å². The van der Waals surface area contributed by atoms with Crippen LogP contribution in [0.2, 0.25) is 0 Å². The van der Waals surface area contributed by atoms with Gasteiger partial charge in [0.05, 0.1) is 4.90 Å². The molecule has 0 heterocycles. The molecule has 0 saturated carbocycles. The third-order valence-corrected chi connectivity index (χ3v) is 4.01. The fourth-order valence-corrected chi connectivity index (χ4v) is 2.52. The molecule has 0 aliphatic carbocycles. The number of aryl methyl sites for hydroxylation is 2. The number of unbranched alkanes of at least 4 members (excludes halogenated alkanes) is 3. The molecule has 0 amide bonds. The van der Waals surface area contributed by atoms with E-state index in [1.807, 2.05) is 6.92 Å². The molecule has 1 aromatic rings. The number of hydrogen-bond donors (Lipinski definition) is 1. The standard InChI is InChI=1S/C14H22O4S/c1-12-8-9-14(19(15,16)17)11-13(12)7-5-3-4-6-10-18-2/h8-9,11H,3-7,10H2,1-2H3,(H,15,16,17). The monoisotopic (exact) mass is 286 g/mol. The van der Waals surface area contributed by atoms with Crippen LogP contribution >= 0.6 is 0 Å². The predicted octanol–water partition coefficient (Wildman–Crippen LogP) is 2.99. The summed E-state index contributed by atoms with van der Waals surface area (Å²) in [5.41, 5.74) is 2.05. The van der Waals surface area contributed by atoms with E-state index < -0.39 is 10.1 Å². The van der Waals surface area contributed by atoms with Crippen molar-refractivity contribution in [3.63, 3.8) is 0 Å². The maximum Gasteiger partial charge on any atom is 0.294 e. The van der Waals surface area contributed by atoms with Crippen LogP contribution in [-0.4, -0.2) is 26.7 Å². The Morgan fingerprint density at radius 3 is 2.47 bits per heavy atom. The van der Waals surface area contributed by atoms with Crippen LogP contribution in [0, 0.1) is 6.92 Å². The summed E-state index contributed by atoms with van der Waals surface area (Å²) in [5, 5.41) is 0. The Hall–Kier alpha value is -0.910. The molecule has 0 aromatic heterocycles. The van der Waals surface area contributed by atoms with Gasteiger partial charge in [-0.15, -0.1) is 0 Å². The van der Waals surface area contributed by atoms with Crippen molar-refractivity contribution in [1.29, 1.82) is 0 Å². The molecule has 0 spiro atoms. The molecule has 0 aliphatic rings. The summed E-state index contributed by atoms with van der Waals surface area (Å²) < 4.78 is 36.2. The Labute approximate surface area is 115 Å². The molecular formula is C14H22O4S. The zero-order valence-corrected chi connectivity index (χ0v) is 12.4. The maximum atomic E-state index is 11.1. The Morgan fingerprint density at radius 1 is 1.16 bits per heavy atom. The molecule has 0 fully saturated rings. The number of benzene rings is 1. The lowest BCUT2D eigenvalue weighted by atomic mass is 10.0. The van der Waals surface area contributed by atoms with E-state index in [4.69, 9.17) is 9.29 Å². The fraction of sp³-hybridized carbons (Fsp3) is 0.571. The van der Waals surface area contributed by atoms with Gasteiger partial charge >= 0.3 is 0 Å². The van der Waals surface area contributed by atoms with Crippen molar-refractivity contribution in [3.8, 4) is 0 Å². The number of rotatable bonds is 8. The third-order valence-electron chi connectivity index (χ3n) is 3.16. The highest BCUT2D eigenvalue weighted by Crippen LogP contribution is 2.18. The van der Waals surface area contributed by atoms with Gasteiger partial charge in [-0.05, 0) is 49.4 Å². The molecule has 1 N–H and O–H groups in total. The Morgan fingerprint density at radius 2 is 1.84 bits per heavy atom. The first-order chi connectivity index (χ1) is 8.95. The highest BCUT2D eigenvalue weighted by atomic mass is 32.2. The molecule has 0 bridgehead atoms. The number of hydrogen-bond acceptors (Lipinski definition) is 3. The summed E-state index contributed by atoms with van der Waals surface area (Å²) in [5.74, 6) is 0. The largest absolute Gasteiger partial charge is 0.385 e. The van der Waals surface area contributed by atoms with Gasteiger partial charge in [0, 0.05) is 13.7 Å². The first-order valence-corrected chi connectivity index (χ1v) is 7.95. The summed E-state index contributed by atoms with van der Waals surface area (Å²) in [6.07, 6.45) is 5.12. The second kappa shape index (κ2) is 7.62. The van der Waals surface area contributed by atoms with Crippen LogP contribution in [0.5, 0.6) is 0 Å². The summed E-state index contributed by atoms with van der Waals surface area (Å²) in [7, 11) is -2.40. The smallest absolute Gasteiger partial charge is 0.294 e. The molecular weight excluding hydrogens is 264 g/mol. The van der Waals surface area contributed by atoms with Crippen molar-refractivity contribution in [2.45, 2.75) is 43.9 Å². The lowest BCUT2D eigenvalue weighted by Gasteiger charge is -2.07. The van der Waals surface area contributed by atoms with E-state index in [0.29, 0.717) is 0 Å². The lowest BCUT2D eigenvalue weighted by molar-refractivity contribution is 0.192. The SMILES string of the molecule is COCCCCCCc1cc(S(=O)(=O)O)ccc1C. The van der Waals surface area contributed by atoms with Gasteiger partial charge in [0.15, 0.2) is 0 Å². The lowest BCUT2D eigenvalue weighted by Crippen LogP contribution is -2.00. The van der Waals surface area contributed by atoms with E-state index >= 15 is 0 Å². The molecule has 0 aliphatic heterocycles. The first kappa shape index (κ1) is 16.1. The van der Waals surface area contributed by atoms with Crippen molar-refractivity contribution < 1.29 is 17.7 Å². The van der Waals surface area contributed by atoms with Crippen molar-refractivity contribution in [3.05, 3.63) is 29.3 Å². The van der Waals surface area contributed by atoms with Crippen molar-refractivity contribution >= 4 is 10.1 Å². The van der Waals surface area contributed by atoms with Crippen molar-refractivity contribution in [1.82, 2.24) is 0 Å². The van der Waals surface area contributed by atoms with Crippen LogP contribution in [0.1, 0.15) is 36.8 Å². The third kappa shape index (κ3) is 5.72. The maximum absolute atomic E-state index is 11.1. The average molecular weight is 286 g/mol. The summed E-state index contributed by atoms with van der Waals surface area (Å²) in [6, 6.07) is 4.75. The Kier molecular flexibility index (Phi) is 6.48. The van der Waals surface area contributed by atoms with E-state index in [2.05, 4.69) is 0 Å². The van der Waals surface area contributed by atoms with Gasteiger partial charge < -0.3 is 4.74 Å². The minimum Gasteiger partial charge on any atom is -0.385 e. The fourth-order valence-electron chi connectivity index (χ4n) is 1.99. The van der Waals surface area contributed by atoms with Crippen molar-refractivity contribution in [2.24, 2.45) is 0 Å². The second-order valence-corrected chi connectivity index (χ2v) is 6.14. The minimum atomic E-state index is -4.10. The zero-order chi connectivity index (χ0) is 14.3. The zero-order valence-electron chi connectivity index (χ0n) is 11.6. The van der Waals surface area contributed by atoms with Gasteiger partial charge in [0.2, 0.25) is 0 Å². The van der Waals surface area contributed by atoms with Crippen LogP contribution in [0.25, 0.3) is 0 Å². The van der Waals surface area contributed by atoms with E-state index in [1.54, 1.807) is 19.2 Å². The highest BCUT2D eigenvalue weighted by Gasteiger charge is 2.11. The van der Waals surface area contributed by atoms with E-state index in [0.717, 1.165) is 49.8 Å².